The van der Waals surface area contributed by atoms with Gasteiger partial charge in [-0.05, 0) is 23.8 Å². The summed E-state index contributed by atoms with van der Waals surface area (Å²) in [6.45, 7) is 1.36. The molecule has 0 saturated heterocycles. The van der Waals surface area contributed by atoms with Crippen molar-refractivity contribution >= 4 is 12.0 Å². The Bertz CT molecular complexity index is 404. The average molecular weight is 215 g/mol. The summed E-state index contributed by atoms with van der Waals surface area (Å²) in [5, 5.41) is 0. The Hall–Kier alpha value is -2.08. The van der Waals surface area contributed by atoms with E-state index in [9.17, 15) is 4.79 Å². The van der Waals surface area contributed by atoms with Crippen molar-refractivity contribution in [3.63, 3.8) is 0 Å². The number of carbonyl (C=O) groups excluding carboxylic acids is 1. The summed E-state index contributed by atoms with van der Waals surface area (Å²) in [6, 6.07) is 3.72. The van der Waals surface area contributed by atoms with Gasteiger partial charge in [0.15, 0.2) is 0 Å². The summed E-state index contributed by atoms with van der Waals surface area (Å²) in [7, 11) is 0. The molecule has 3 heteroatoms. The van der Waals surface area contributed by atoms with E-state index in [1.165, 1.54) is 6.92 Å². The molecule has 3 nitrogen and oxygen atoms in total. The zero-order chi connectivity index (χ0) is 11.8. The Kier molecular flexibility index (Phi) is 4.81. The molecule has 82 valence electrons. The van der Waals surface area contributed by atoms with E-state index >= 15 is 0 Å². The smallest absolute Gasteiger partial charge is 0.303 e. The van der Waals surface area contributed by atoms with E-state index in [0.29, 0.717) is 6.42 Å². The second kappa shape index (κ2) is 6.41. The normalized spacial score (nSPS) is 12.0. The molecular weight excluding hydrogens is 202 g/mol. The number of esters is 1. The Balaban J connectivity index is 2.64. The molecule has 0 aliphatic heterocycles. The van der Waals surface area contributed by atoms with E-state index in [-0.39, 0.29) is 12.1 Å². The lowest BCUT2D eigenvalue weighted by atomic mass is 10.2. The molecule has 16 heavy (non-hydrogen) atoms. The molecule has 0 amide bonds. The van der Waals surface area contributed by atoms with Crippen molar-refractivity contribution < 1.29 is 9.53 Å². The highest BCUT2D eigenvalue weighted by atomic mass is 16.5. The Morgan fingerprint density at radius 2 is 2.31 bits per heavy atom. The molecule has 0 aromatic carbocycles. The van der Waals surface area contributed by atoms with Gasteiger partial charge in [0.2, 0.25) is 0 Å². The van der Waals surface area contributed by atoms with Gasteiger partial charge in [-0.2, -0.15) is 0 Å². The van der Waals surface area contributed by atoms with Crippen LogP contribution in [0.15, 0.2) is 30.6 Å². The molecule has 0 aliphatic carbocycles. The highest BCUT2D eigenvalue weighted by Gasteiger charge is 2.05. The van der Waals surface area contributed by atoms with E-state index in [1.54, 1.807) is 18.5 Å². The van der Waals surface area contributed by atoms with Gasteiger partial charge in [0, 0.05) is 25.7 Å². The largest absolute Gasteiger partial charge is 0.457 e. The van der Waals surface area contributed by atoms with Crippen LogP contribution in [0.4, 0.5) is 0 Å². The number of terminal acetylenes is 1. The van der Waals surface area contributed by atoms with E-state index in [4.69, 9.17) is 11.2 Å². The third kappa shape index (κ3) is 4.43. The minimum atomic E-state index is -0.365. The van der Waals surface area contributed by atoms with E-state index in [2.05, 4.69) is 10.9 Å². The molecule has 0 radical (unpaired) electrons. The fraction of sp³-hybridized carbons (Fsp3) is 0.231. The summed E-state index contributed by atoms with van der Waals surface area (Å²) >= 11 is 0. The van der Waals surface area contributed by atoms with Crippen LogP contribution in [0, 0.1) is 12.3 Å². The maximum Gasteiger partial charge on any atom is 0.303 e. The number of rotatable bonds is 4. The number of pyridine rings is 1. The second-order valence-electron chi connectivity index (χ2n) is 3.20. The standard InChI is InChI=1S/C13H13NO2/c1-3-4-13(16-11(2)15)6-5-12-7-9-14-10-8-12/h1,5-10,13H,4H2,2H3/b6-5+. The number of hydrogen-bond acceptors (Lipinski definition) is 3. The number of nitrogens with zero attached hydrogens (tertiary/aromatic N) is 1. The van der Waals surface area contributed by atoms with Crippen LogP contribution in [0.5, 0.6) is 0 Å². The maximum atomic E-state index is 10.8. The minimum absolute atomic E-state index is 0.334. The third-order valence-electron chi connectivity index (χ3n) is 1.85. The molecule has 1 aromatic rings. The van der Waals surface area contributed by atoms with Crippen LogP contribution < -0.4 is 0 Å². The van der Waals surface area contributed by atoms with Crippen molar-refractivity contribution in [2.45, 2.75) is 19.4 Å². The average Bonchev–Trinajstić information content (AvgIpc) is 2.27. The Morgan fingerprint density at radius 3 is 2.88 bits per heavy atom. The van der Waals surface area contributed by atoms with Gasteiger partial charge in [-0.3, -0.25) is 9.78 Å². The first-order valence-electron chi connectivity index (χ1n) is 4.91. The van der Waals surface area contributed by atoms with Gasteiger partial charge in [0.25, 0.3) is 0 Å². The Morgan fingerprint density at radius 1 is 1.62 bits per heavy atom. The van der Waals surface area contributed by atoms with Crippen molar-refractivity contribution in [2.24, 2.45) is 0 Å². The van der Waals surface area contributed by atoms with Gasteiger partial charge < -0.3 is 4.74 Å². The molecule has 1 rings (SSSR count). The molecule has 0 N–H and O–H groups in total. The summed E-state index contributed by atoms with van der Waals surface area (Å²) in [6.07, 6.45) is 12.2. The molecule has 0 saturated carbocycles. The fourth-order valence-electron chi connectivity index (χ4n) is 1.17. The SMILES string of the molecule is C#CCC(/C=C/c1ccncc1)OC(C)=O. The van der Waals surface area contributed by atoms with Gasteiger partial charge >= 0.3 is 5.97 Å². The highest BCUT2D eigenvalue weighted by molar-refractivity contribution is 5.66. The van der Waals surface area contributed by atoms with Crippen LogP contribution in [0.1, 0.15) is 18.9 Å². The zero-order valence-electron chi connectivity index (χ0n) is 9.09. The fourth-order valence-corrected chi connectivity index (χ4v) is 1.17. The number of aromatic nitrogens is 1. The highest BCUT2D eigenvalue weighted by Crippen LogP contribution is 2.05. The van der Waals surface area contributed by atoms with Crippen molar-refractivity contribution in [3.05, 3.63) is 36.2 Å². The first kappa shape index (κ1) is 12.0. The van der Waals surface area contributed by atoms with Gasteiger partial charge in [-0.25, -0.2) is 0 Å². The van der Waals surface area contributed by atoms with Crippen molar-refractivity contribution in [1.82, 2.24) is 4.98 Å². The number of hydrogen-bond donors (Lipinski definition) is 0. The monoisotopic (exact) mass is 215 g/mol. The summed E-state index contributed by atoms with van der Waals surface area (Å²) in [4.78, 5) is 14.7. The molecule has 1 atom stereocenters. The Labute approximate surface area is 95.2 Å². The van der Waals surface area contributed by atoms with Crippen LogP contribution in [0.2, 0.25) is 0 Å². The van der Waals surface area contributed by atoms with Crippen LogP contribution in [-0.2, 0) is 9.53 Å². The van der Waals surface area contributed by atoms with Gasteiger partial charge in [0.1, 0.15) is 6.10 Å². The summed E-state index contributed by atoms with van der Waals surface area (Å²) in [5.74, 6) is 2.13. The summed E-state index contributed by atoms with van der Waals surface area (Å²) in [5.41, 5.74) is 0.990. The maximum absolute atomic E-state index is 10.8. The predicted octanol–water partition coefficient (Wildman–Crippen LogP) is 2.05. The molecule has 0 fully saturated rings. The minimum Gasteiger partial charge on any atom is -0.457 e. The lowest BCUT2D eigenvalue weighted by molar-refractivity contribution is -0.143. The van der Waals surface area contributed by atoms with Crippen molar-refractivity contribution in [2.75, 3.05) is 0 Å². The summed E-state index contributed by atoms with van der Waals surface area (Å²) < 4.78 is 5.03. The van der Waals surface area contributed by atoms with E-state index < -0.39 is 0 Å². The molecule has 0 spiro atoms. The van der Waals surface area contributed by atoms with Crippen molar-refractivity contribution in [3.8, 4) is 12.3 Å². The predicted molar refractivity (Wildman–Crippen MR) is 62.3 cm³/mol. The third-order valence-corrected chi connectivity index (χ3v) is 1.85. The molecule has 1 aromatic heterocycles. The topological polar surface area (TPSA) is 39.2 Å². The zero-order valence-corrected chi connectivity index (χ0v) is 9.09. The van der Waals surface area contributed by atoms with Crippen LogP contribution >= 0.6 is 0 Å². The van der Waals surface area contributed by atoms with E-state index in [0.717, 1.165) is 5.56 Å². The van der Waals surface area contributed by atoms with Gasteiger partial charge in [0.05, 0.1) is 0 Å². The molecule has 0 bridgehead atoms. The molecular formula is C13H13NO2. The quantitative estimate of drug-likeness (QED) is 0.570. The molecule has 1 heterocycles. The van der Waals surface area contributed by atoms with Crippen LogP contribution in [0.25, 0.3) is 6.08 Å². The number of carbonyl (C=O) groups is 1. The van der Waals surface area contributed by atoms with Gasteiger partial charge in [-0.15, -0.1) is 12.3 Å². The molecule has 0 aliphatic rings. The van der Waals surface area contributed by atoms with Crippen LogP contribution in [-0.4, -0.2) is 17.1 Å². The van der Waals surface area contributed by atoms with E-state index in [1.807, 2.05) is 18.2 Å². The number of ether oxygens (including phenoxy) is 1. The van der Waals surface area contributed by atoms with Crippen LogP contribution in [0.3, 0.4) is 0 Å². The lowest BCUT2D eigenvalue weighted by Crippen LogP contribution is -2.12. The molecule has 1 unspecified atom stereocenters. The van der Waals surface area contributed by atoms with Crippen molar-refractivity contribution in [1.29, 1.82) is 0 Å². The lowest BCUT2D eigenvalue weighted by Gasteiger charge is -2.09. The van der Waals surface area contributed by atoms with Gasteiger partial charge in [-0.1, -0.05) is 6.08 Å². The first-order chi connectivity index (χ1) is 7.72. The first-order valence-corrected chi connectivity index (χ1v) is 4.91. The second-order valence-corrected chi connectivity index (χ2v) is 3.20.